The molecule has 1 aromatic heterocycles. The summed E-state index contributed by atoms with van der Waals surface area (Å²) in [5.74, 6) is 0. The van der Waals surface area contributed by atoms with Crippen molar-refractivity contribution in [3.8, 4) is 11.3 Å². The van der Waals surface area contributed by atoms with Gasteiger partial charge >= 0.3 is 12.4 Å². The molecule has 0 aliphatic heterocycles. The highest BCUT2D eigenvalue weighted by atomic mass is 35.5. The van der Waals surface area contributed by atoms with Crippen molar-refractivity contribution in [1.82, 2.24) is 4.57 Å². The van der Waals surface area contributed by atoms with Crippen LogP contribution >= 0.6 is 11.6 Å². The zero-order chi connectivity index (χ0) is 18.1. The van der Waals surface area contributed by atoms with Gasteiger partial charge in [0.25, 0.3) is 0 Å². The Bertz CT molecular complexity index is 702. The van der Waals surface area contributed by atoms with Crippen LogP contribution in [-0.2, 0) is 23.8 Å². The fraction of sp³-hybridized carbons (Fsp3) is 0.333. The van der Waals surface area contributed by atoms with Gasteiger partial charge in [-0.3, -0.25) is 0 Å². The molecule has 2 nitrogen and oxygen atoms in total. The summed E-state index contributed by atoms with van der Waals surface area (Å²) in [4.78, 5) is 0. The van der Waals surface area contributed by atoms with Gasteiger partial charge in [-0.25, -0.2) is 0 Å². The Hall–Kier alpha value is -1.67. The van der Waals surface area contributed by atoms with Crippen molar-refractivity contribution in [2.24, 2.45) is 0 Å². The molecule has 2 aromatic rings. The van der Waals surface area contributed by atoms with Gasteiger partial charge in [0.2, 0.25) is 0 Å². The number of alkyl halides is 6. The van der Waals surface area contributed by atoms with E-state index in [0.717, 1.165) is 0 Å². The van der Waals surface area contributed by atoms with Gasteiger partial charge in [0, 0.05) is 11.6 Å². The minimum atomic E-state index is -5.19. The number of aromatic nitrogens is 1. The van der Waals surface area contributed by atoms with E-state index in [0.29, 0.717) is 15.7 Å². The van der Waals surface area contributed by atoms with Crippen LogP contribution in [0.1, 0.15) is 18.2 Å². The molecule has 0 aliphatic carbocycles. The van der Waals surface area contributed by atoms with Gasteiger partial charge in [-0.1, -0.05) is 23.7 Å². The molecule has 1 heterocycles. The van der Waals surface area contributed by atoms with Crippen LogP contribution in [0.25, 0.3) is 11.3 Å². The van der Waals surface area contributed by atoms with Crippen LogP contribution in [0, 0.1) is 0 Å². The number of hydrogen-bond donors (Lipinski definition) is 0. The molecule has 0 amide bonds. The molecule has 0 unspecified atom stereocenters. The lowest BCUT2D eigenvalue weighted by molar-refractivity contribution is -0.167. The lowest BCUT2D eigenvalue weighted by Crippen LogP contribution is -2.20. The van der Waals surface area contributed by atoms with Crippen LogP contribution in [0.4, 0.5) is 26.3 Å². The summed E-state index contributed by atoms with van der Waals surface area (Å²) < 4.78 is 84.5. The van der Waals surface area contributed by atoms with Crippen LogP contribution in [0.15, 0.2) is 30.3 Å². The monoisotopic (exact) mass is 371 g/mol. The average molecular weight is 372 g/mol. The van der Waals surface area contributed by atoms with Crippen LogP contribution < -0.4 is 0 Å². The predicted octanol–water partition coefficient (Wildman–Crippen LogP) is 5.84. The molecule has 24 heavy (non-hydrogen) atoms. The van der Waals surface area contributed by atoms with Gasteiger partial charge in [0.05, 0.1) is 11.3 Å². The molecule has 0 bridgehead atoms. The first-order valence-corrected chi connectivity index (χ1v) is 7.15. The van der Waals surface area contributed by atoms with Gasteiger partial charge in [0.15, 0.2) is 0 Å². The van der Waals surface area contributed by atoms with E-state index in [1.807, 2.05) is 0 Å². The Balaban J connectivity index is 2.73. The minimum Gasteiger partial charge on any atom is -0.361 e. The van der Waals surface area contributed by atoms with Crippen molar-refractivity contribution in [1.29, 1.82) is 0 Å². The van der Waals surface area contributed by atoms with Gasteiger partial charge in [-0.15, -0.1) is 0 Å². The summed E-state index contributed by atoms with van der Waals surface area (Å²) >= 11 is 5.71. The molecule has 1 aromatic carbocycles. The summed E-state index contributed by atoms with van der Waals surface area (Å²) in [7, 11) is 0. The van der Waals surface area contributed by atoms with E-state index >= 15 is 0 Å². The predicted molar refractivity (Wildman–Crippen MR) is 76.5 cm³/mol. The molecule has 0 N–H and O–H groups in total. The Labute approximate surface area is 138 Å². The zero-order valence-electron chi connectivity index (χ0n) is 12.3. The fourth-order valence-electron chi connectivity index (χ4n) is 2.25. The summed E-state index contributed by atoms with van der Waals surface area (Å²) in [5.41, 5.74) is -3.62. The molecule has 0 spiro atoms. The minimum absolute atomic E-state index is 0.0525. The van der Waals surface area contributed by atoms with E-state index in [2.05, 4.69) is 0 Å². The normalized spacial score (nSPS) is 12.7. The summed E-state index contributed by atoms with van der Waals surface area (Å²) in [6, 6.07) is 5.94. The van der Waals surface area contributed by atoms with Gasteiger partial charge in [-0.2, -0.15) is 26.3 Å². The molecular weight excluding hydrogens is 360 g/mol. The molecule has 0 atom stereocenters. The number of benzene rings is 1. The molecule has 0 saturated carbocycles. The Kier molecular flexibility index (Phi) is 5.19. The first kappa shape index (κ1) is 18.7. The summed E-state index contributed by atoms with van der Waals surface area (Å²) in [5, 5.41) is 0.314. The third-order valence-electron chi connectivity index (χ3n) is 3.24. The topological polar surface area (TPSA) is 14.2 Å². The smallest absolute Gasteiger partial charge is 0.361 e. The van der Waals surface area contributed by atoms with E-state index in [1.165, 1.54) is 31.2 Å². The van der Waals surface area contributed by atoms with Crippen LogP contribution in [0.3, 0.4) is 0 Å². The SMILES string of the molecule is CCOCn1c(-c2ccc(Cl)cc2)cc(C(F)(F)F)c1C(F)(F)F. The van der Waals surface area contributed by atoms with Crippen molar-refractivity contribution >= 4 is 11.6 Å². The molecule has 0 saturated heterocycles. The van der Waals surface area contributed by atoms with Gasteiger partial charge in [-0.05, 0) is 30.7 Å². The second-order valence-corrected chi connectivity index (χ2v) is 5.28. The Morgan fingerprint density at radius 1 is 1.00 bits per heavy atom. The van der Waals surface area contributed by atoms with Crippen molar-refractivity contribution < 1.29 is 31.1 Å². The highest BCUT2D eigenvalue weighted by molar-refractivity contribution is 6.30. The molecule has 0 radical (unpaired) electrons. The first-order valence-electron chi connectivity index (χ1n) is 6.77. The maximum Gasteiger partial charge on any atom is 0.432 e. The van der Waals surface area contributed by atoms with Crippen molar-refractivity contribution in [3.05, 3.63) is 46.6 Å². The highest BCUT2D eigenvalue weighted by Crippen LogP contribution is 2.44. The quantitative estimate of drug-likeness (QED) is 0.616. The summed E-state index contributed by atoms with van der Waals surface area (Å²) in [6.45, 7) is 0.930. The largest absolute Gasteiger partial charge is 0.432 e. The van der Waals surface area contributed by atoms with E-state index < -0.39 is 30.3 Å². The molecule has 9 heteroatoms. The summed E-state index contributed by atoms with van der Waals surface area (Å²) in [6.07, 6.45) is -10.3. The molecule has 0 fully saturated rings. The highest BCUT2D eigenvalue weighted by Gasteiger charge is 2.47. The molecule has 132 valence electrons. The molecular formula is C15H12ClF6NO. The average Bonchev–Trinajstić information content (AvgIpc) is 2.85. The van der Waals surface area contributed by atoms with Gasteiger partial charge in [0.1, 0.15) is 12.4 Å². The third kappa shape index (κ3) is 3.87. The molecule has 0 aliphatic rings. The van der Waals surface area contributed by atoms with Crippen LogP contribution in [0.2, 0.25) is 5.02 Å². The van der Waals surface area contributed by atoms with E-state index in [-0.39, 0.29) is 17.9 Å². The number of ether oxygens (including phenoxy) is 1. The first-order chi connectivity index (χ1) is 11.1. The standard InChI is InChI=1S/C15H12ClF6NO/c1-2-24-8-23-12(9-3-5-10(16)6-4-9)7-11(14(17,18)19)13(23)15(20,21)22/h3-7H,2,8H2,1H3. The third-order valence-corrected chi connectivity index (χ3v) is 3.49. The second-order valence-electron chi connectivity index (χ2n) is 4.84. The van der Waals surface area contributed by atoms with Crippen molar-refractivity contribution in [2.75, 3.05) is 6.61 Å². The van der Waals surface area contributed by atoms with E-state index in [9.17, 15) is 26.3 Å². The van der Waals surface area contributed by atoms with Crippen LogP contribution in [-0.4, -0.2) is 11.2 Å². The lowest BCUT2D eigenvalue weighted by Gasteiger charge is -2.17. The molecule has 2 rings (SSSR count). The Morgan fingerprint density at radius 3 is 2.04 bits per heavy atom. The Morgan fingerprint density at radius 2 is 1.58 bits per heavy atom. The maximum atomic E-state index is 13.3. The van der Waals surface area contributed by atoms with Crippen molar-refractivity contribution in [3.63, 3.8) is 0 Å². The van der Waals surface area contributed by atoms with E-state index in [4.69, 9.17) is 16.3 Å². The maximum absolute atomic E-state index is 13.3. The number of nitrogens with zero attached hydrogens (tertiary/aromatic N) is 1. The van der Waals surface area contributed by atoms with Crippen LogP contribution in [0.5, 0.6) is 0 Å². The number of rotatable bonds is 4. The number of hydrogen-bond acceptors (Lipinski definition) is 1. The van der Waals surface area contributed by atoms with Gasteiger partial charge < -0.3 is 9.30 Å². The zero-order valence-corrected chi connectivity index (χ0v) is 13.1. The van der Waals surface area contributed by atoms with E-state index in [1.54, 1.807) is 0 Å². The number of halogens is 7. The fourth-order valence-corrected chi connectivity index (χ4v) is 2.37. The van der Waals surface area contributed by atoms with Crippen molar-refractivity contribution in [2.45, 2.75) is 26.0 Å². The second kappa shape index (κ2) is 6.68. The lowest BCUT2D eigenvalue weighted by atomic mass is 10.1.